The number of rotatable bonds is 3. The van der Waals surface area contributed by atoms with Crippen LogP contribution in [0.2, 0.25) is 0 Å². The monoisotopic (exact) mass is 234 g/mol. The molecule has 1 aliphatic heterocycles. The van der Waals surface area contributed by atoms with Crippen LogP contribution in [0.4, 0.5) is 0 Å². The largest absolute Gasteiger partial charge is 0.469 e. The molecule has 0 aromatic carbocycles. The summed E-state index contributed by atoms with van der Waals surface area (Å²) >= 11 is 0. The maximum Gasteiger partial charge on any atom is 0.309 e. The molecular weight excluding hydrogens is 216 g/mol. The first-order valence-electron chi connectivity index (χ1n) is 5.98. The van der Waals surface area contributed by atoms with Crippen molar-refractivity contribution in [2.75, 3.05) is 20.2 Å². The lowest BCUT2D eigenvalue weighted by molar-refractivity contribution is -0.147. The molecule has 2 rings (SSSR count). The zero-order chi connectivity index (χ0) is 12.1. The molecule has 1 atom stereocenters. The summed E-state index contributed by atoms with van der Waals surface area (Å²) in [5.74, 6) is -0.0417. The van der Waals surface area contributed by atoms with Gasteiger partial charge in [-0.15, -0.1) is 0 Å². The molecule has 2 heterocycles. The van der Waals surface area contributed by atoms with Crippen LogP contribution in [0.1, 0.15) is 18.4 Å². The van der Waals surface area contributed by atoms with Crippen molar-refractivity contribution in [1.29, 1.82) is 0 Å². The number of carbonyl (C=O) groups is 1. The molecule has 0 N–H and O–H groups in total. The van der Waals surface area contributed by atoms with E-state index in [4.69, 9.17) is 4.74 Å². The Morgan fingerprint density at radius 2 is 2.29 bits per heavy atom. The Bertz CT molecular complexity index is 367. The minimum atomic E-state index is -0.0792. The van der Waals surface area contributed by atoms with Crippen molar-refractivity contribution in [1.82, 2.24) is 9.88 Å². The Morgan fingerprint density at radius 1 is 1.53 bits per heavy atom. The summed E-state index contributed by atoms with van der Waals surface area (Å²) in [5, 5.41) is 0. The quantitative estimate of drug-likeness (QED) is 0.743. The Balaban J connectivity index is 1.92. The van der Waals surface area contributed by atoms with Gasteiger partial charge in [0.05, 0.1) is 13.0 Å². The summed E-state index contributed by atoms with van der Waals surface area (Å²) in [6.07, 6.45) is 5.61. The van der Waals surface area contributed by atoms with E-state index in [1.54, 1.807) is 12.4 Å². The number of ether oxygens (including phenoxy) is 1. The summed E-state index contributed by atoms with van der Waals surface area (Å²) < 4.78 is 4.81. The van der Waals surface area contributed by atoms with Crippen molar-refractivity contribution in [2.24, 2.45) is 5.92 Å². The van der Waals surface area contributed by atoms with Crippen LogP contribution in [0.5, 0.6) is 0 Å². The van der Waals surface area contributed by atoms with Crippen LogP contribution in [0.25, 0.3) is 0 Å². The number of methoxy groups -OCH3 is 1. The van der Waals surface area contributed by atoms with E-state index in [1.807, 2.05) is 12.1 Å². The van der Waals surface area contributed by atoms with E-state index in [0.29, 0.717) is 0 Å². The van der Waals surface area contributed by atoms with Gasteiger partial charge in [0.2, 0.25) is 0 Å². The summed E-state index contributed by atoms with van der Waals surface area (Å²) in [4.78, 5) is 17.8. The minimum absolute atomic E-state index is 0.0376. The van der Waals surface area contributed by atoms with Crippen molar-refractivity contribution < 1.29 is 9.53 Å². The highest BCUT2D eigenvalue weighted by Crippen LogP contribution is 2.19. The van der Waals surface area contributed by atoms with E-state index in [0.717, 1.165) is 32.5 Å². The van der Waals surface area contributed by atoms with E-state index >= 15 is 0 Å². The summed E-state index contributed by atoms with van der Waals surface area (Å²) in [5.41, 5.74) is 1.24. The van der Waals surface area contributed by atoms with Crippen molar-refractivity contribution in [3.8, 4) is 0 Å². The zero-order valence-corrected chi connectivity index (χ0v) is 10.1. The fourth-order valence-electron chi connectivity index (χ4n) is 2.30. The van der Waals surface area contributed by atoms with E-state index in [9.17, 15) is 4.79 Å². The third-order valence-corrected chi connectivity index (χ3v) is 3.20. The molecule has 4 heteroatoms. The van der Waals surface area contributed by atoms with Gasteiger partial charge in [0.15, 0.2) is 0 Å². The van der Waals surface area contributed by atoms with Crippen molar-refractivity contribution in [3.05, 3.63) is 30.1 Å². The van der Waals surface area contributed by atoms with Crippen molar-refractivity contribution >= 4 is 5.97 Å². The van der Waals surface area contributed by atoms with Gasteiger partial charge < -0.3 is 4.74 Å². The van der Waals surface area contributed by atoms with E-state index in [2.05, 4.69) is 9.88 Å². The van der Waals surface area contributed by atoms with Crippen LogP contribution in [-0.4, -0.2) is 36.1 Å². The third-order valence-electron chi connectivity index (χ3n) is 3.20. The molecule has 1 unspecified atom stereocenters. The molecule has 0 saturated carbocycles. The molecule has 1 aromatic heterocycles. The molecule has 1 fully saturated rings. The Labute approximate surface area is 102 Å². The highest BCUT2D eigenvalue weighted by Gasteiger charge is 2.26. The first-order valence-corrected chi connectivity index (χ1v) is 5.98. The number of hydrogen-bond donors (Lipinski definition) is 0. The second kappa shape index (κ2) is 5.77. The van der Waals surface area contributed by atoms with Gasteiger partial charge in [0, 0.05) is 25.5 Å². The van der Waals surface area contributed by atoms with Gasteiger partial charge in [-0.1, -0.05) is 0 Å². The number of aromatic nitrogens is 1. The average molecular weight is 234 g/mol. The van der Waals surface area contributed by atoms with E-state index < -0.39 is 0 Å². The van der Waals surface area contributed by atoms with Crippen molar-refractivity contribution in [3.63, 3.8) is 0 Å². The van der Waals surface area contributed by atoms with Crippen molar-refractivity contribution in [2.45, 2.75) is 19.4 Å². The zero-order valence-electron chi connectivity index (χ0n) is 10.1. The summed E-state index contributed by atoms with van der Waals surface area (Å²) in [6, 6.07) is 4.03. The molecule has 0 spiro atoms. The number of carbonyl (C=O) groups excluding carboxylic acids is 1. The van der Waals surface area contributed by atoms with Gasteiger partial charge in [-0.2, -0.15) is 0 Å². The maximum atomic E-state index is 11.5. The average Bonchev–Trinajstić information content (AvgIpc) is 2.39. The Kier molecular flexibility index (Phi) is 4.09. The topological polar surface area (TPSA) is 42.4 Å². The van der Waals surface area contributed by atoms with Gasteiger partial charge in [-0.05, 0) is 37.1 Å². The first kappa shape index (κ1) is 12.0. The maximum absolute atomic E-state index is 11.5. The number of hydrogen-bond acceptors (Lipinski definition) is 4. The standard InChI is InChI=1S/C13H18N2O2/c1-17-13(16)12-3-2-8-15(10-12)9-11-4-6-14-7-5-11/h4-7,12H,2-3,8-10H2,1H3. The highest BCUT2D eigenvalue weighted by molar-refractivity contribution is 5.72. The number of likely N-dealkylation sites (tertiary alicyclic amines) is 1. The molecule has 92 valence electrons. The molecule has 0 radical (unpaired) electrons. The van der Waals surface area contributed by atoms with Crippen LogP contribution in [0, 0.1) is 5.92 Å². The third kappa shape index (κ3) is 3.27. The number of esters is 1. The first-order chi connectivity index (χ1) is 8.29. The molecule has 1 aliphatic rings. The van der Waals surface area contributed by atoms with E-state index in [-0.39, 0.29) is 11.9 Å². The van der Waals surface area contributed by atoms with Gasteiger partial charge >= 0.3 is 5.97 Å². The van der Waals surface area contributed by atoms with Gasteiger partial charge in [0.25, 0.3) is 0 Å². The van der Waals surface area contributed by atoms with Gasteiger partial charge in [-0.3, -0.25) is 14.7 Å². The van der Waals surface area contributed by atoms with Gasteiger partial charge in [0.1, 0.15) is 0 Å². The van der Waals surface area contributed by atoms with Crippen LogP contribution < -0.4 is 0 Å². The second-order valence-corrected chi connectivity index (χ2v) is 4.45. The molecular formula is C13H18N2O2. The molecule has 1 saturated heterocycles. The SMILES string of the molecule is COC(=O)C1CCCN(Cc2ccncc2)C1. The molecule has 0 bridgehead atoms. The number of nitrogens with zero attached hydrogens (tertiary/aromatic N) is 2. The lowest BCUT2D eigenvalue weighted by atomic mass is 9.98. The van der Waals surface area contributed by atoms with Crippen LogP contribution >= 0.6 is 0 Å². The molecule has 1 aromatic rings. The fraction of sp³-hybridized carbons (Fsp3) is 0.538. The second-order valence-electron chi connectivity index (χ2n) is 4.45. The normalized spacial score (nSPS) is 21.1. The fourth-order valence-corrected chi connectivity index (χ4v) is 2.30. The van der Waals surface area contributed by atoms with E-state index in [1.165, 1.54) is 12.7 Å². The molecule has 17 heavy (non-hydrogen) atoms. The minimum Gasteiger partial charge on any atom is -0.469 e. The molecule has 0 amide bonds. The summed E-state index contributed by atoms with van der Waals surface area (Å²) in [6.45, 7) is 2.74. The predicted octanol–water partition coefficient (Wildman–Crippen LogP) is 1.47. The Hall–Kier alpha value is -1.42. The molecule has 4 nitrogen and oxygen atoms in total. The number of piperidine rings is 1. The lowest BCUT2D eigenvalue weighted by Gasteiger charge is -2.31. The number of pyridine rings is 1. The predicted molar refractivity (Wildman–Crippen MR) is 64.3 cm³/mol. The van der Waals surface area contributed by atoms with Gasteiger partial charge in [-0.25, -0.2) is 0 Å². The lowest BCUT2D eigenvalue weighted by Crippen LogP contribution is -2.38. The highest BCUT2D eigenvalue weighted by atomic mass is 16.5. The Morgan fingerprint density at radius 3 is 3.00 bits per heavy atom. The smallest absolute Gasteiger partial charge is 0.309 e. The molecule has 0 aliphatic carbocycles. The summed E-state index contributed by atoms with van der Waals surface area (Å²) in [7, 11) is 1.46. The van der Waals surface area contributed by atoms with Crippen LogP contribution in [-0.2, 0) is 16.1 Å². The van der Waals surface area contributed by atoms with Crippen LogP contribution in [0.3, 0.4) is 0 Å². The van der Waals surface area contributed by atoms with Crippen LogP contribution in [0.15, 0.2) is 24.5 Å².